The van der Waals surface area contributed by atoms with Gasteiger partial charge in [-0.2, -0.15) is 0 Å². The molecule has 0 aromatic heterocycles. The summed E-state index contributed by atoms with van der Waals surface area (Å²) in [4.78, 5) is 13.0. The van der Waals surface area contributed by atoms with E-state index in [0.717, 1.165) is 11.0 Å². The molecule has 70 valence electrons. The van der Waals surface area contributed by atoms with Gasteiger partial charge >= 0.3 is 0 Å². The molecule has 0 aliphatic carbocycles. The third-order valence-corrected chi connectivity index (χ3v) is 2.11. The number of amides is 1. The van der Waals surface area contributed by atoms with Gasteiger partial charge in [-0.15, -0.1) is 0 Å². The zero-order valence-electron chi connectivity index (χ0n) is 7.53. The van der Waals surface area contributed by atoms with E-state index >= 15 is 0 Å². The van der Waals surface area contributed by atoms with E-state index in [1.54, 1.807) is 11.8 Å². The number of hydrogen-bond acceptors (Lipinski definition) is 1. The maximum atomic E-state index is 11.2. The molecule has 0 N–H and O–H groups in total. The molecule has 0 bridgehead atoms. The smallest absolute Gasteiger partial charge is 0.223 e. The predicted octanol–water partition coefficient (Wildman–Crippen LogP) is 2.43. The van der Waals surface area contributed by atoms with E-state index in [9.17, 15) is 4.79 Å². The van der Waals surface area contributed by atoms with E-state index < -0.39 is 0 Å². The third-order valence-electron chi connectivity index (χ3n) is 1.76. The first-order valence-electron chi connectivity index (χ1n) is 4.15. The highest BCUT2D eigenvalue weighted by atomic mass is 79.9. The molecule has 1 aromatic rings. The molecule has 0 radical (unpaired) electrons. The van der Waals surface area contributed by atoms with Gasteiger partial charge in [0.1, 0.15) is 0 Å². The van der Waals surface area contributed by atoms with Crippen LogP contribution in [0, 0.1) is 0 Å². The summed E-state index contributed by atoms with van der Waals surface area (Å²) in [6.45, 7) is 2.29. The van der Waals surface area contributed by atoms with Crippen molar-refractivity contribution >= 4 is 27.5 Å². The van der Waals surface area contributed by atoms with Crippen LogP contribution in [0.25, 0.3) is 0 Å². The van der Waals surface area contributed by atoms with E-state index in [0.29, 0.717) is 6.54 Å². The van der Waals surface area contributed by atoms with Crippen LogP contribution in [0.2, 0.25) is 0 Å². The highest BCUT2D eigenvalue weighted by molar-refractivity contribution is 9.09. The standard InChI is InChI=1S/C10H12BrNO/c1-9(13)12(8-7-11)10-5-3-2-4-6-10/h2-6H,7-8H2,1H3. The van der Waals surface area contributed by atoms with E-state index in [1.165, 1.54) is 0 Å². The number of hydrogen-bond donors (Lipinski definition) is 0. The zero-order chi connectivity index (χ0) is 9.68. The molecule has 0 atom stereocenters. The van der Waals surface area contributed by atoms with Gasteiger partial charge in [-0.3, -0.25) is 4.79 Å². The van der Waals surface area contributed by atoms with Gasteiger partial charge in [-0.25, -0.2) is 0 Å². The summed E-state index contributed by atoms with van der Waals surface area (Å²) in [5, 5.41) is 0.793. The van der Waals surface area contributed by atoms with Gasteiger partial charge < -0.3 is 4.90 Å². The molecule has 0 aliphatic heterocycles. The van der Waals surface area contributed by atoms with Crippen molar-refractivity contribution in [3.63, 3.8) is 0 Å². The Kier molecular flexibility index (Phi) is 3.96. The highest BCUT2D eigenvalue weighted by Crippen LogP contribution is 2.13. The molecule has 1 aromatic carbocycles. The van der Waals surface area contributed by atoms with E-state index in [2.05, 4.69) is 15.9 Å². The molecule has 0 saturated heterocycles. The third kappa shape index (κ3) is 2.84. The van der Waals surface area contributed by atoms with Gasteiger partial charge in [0.25, 0.3) is 0 Å². The van der Waals surface area contributed by atoms with E-state index in [1.807, 2.05) is 30.3 Å². The van der Waals surface area contributed by atoms with Crippen LogP contribution < -0.4 is 4.90 Å². The molecule has 0 spiro atoms. The summed E-state index contributed by atoms with van der Waals surface area (Å²) in [7, 11) is 0. The molecule has 0 aliphatic rings. The second-order valence-electron chi connectivity index (χ2n) is 2.70. The summed E-state index contributed by atoms with van der Waals surface area (Å²) in [5.41, 5.74) is 0.953. The fourth-order valence-corrected chi connectivity index (χ4v) is 1.52. The van der Waals surface area contributed by atoms with E-state index in [4.69, 9.17) is 0 Å². The van der Waals surface area contributed by atoms with Gasteiger partial charge in [0.15, 0.2) is 0 Å². The Balaban J connectivity index is 2.82. The summed E-state index contributed by atoms with van der Waals surface area (Å²) >= 11 is 3.32. The lowest BCUT2D eigenvalue weighted by atomic mass is 10.3. The fraction of sp³-hybridized carbons (Fsp3) is 0.300. The van der Waals surface area contributed by atoms with Crippen molar-refractivity contribution < 1.29 is 4.79 Å². The number of rotatable bonds is 3. The van der Waals surface area contributed by atoms with Crippen molar-refractivity contribution in [2.45, 2.75) is 6.92 Å². The quantitative estimate of drug-likeness (QED) is 0.745. The van der Waals surface area contributed by atoms with Gasteiger partial charge in [0.05, 0.1) is 0 Å². The van der Waals surface area contributed by atoms with Crippen molar-refractivity contribution in [2.24, 2.45) is 0 Å². The summed E-state index contributed by atoms with van der Waals surface area (Å²) in [6.07, 6.45) is 0. The first-order valence-corrected chi connectivity index (χ1v) is 5.27. The number of halogens is 1. The molecule has 1 rings (SSSR count). The van der Waals surface area contributed by atoms with Crippen LogP contribution in [0.15, 0.2) is 30.3 Å². The Morgan fingerprint density at radius 2 is 2.00 bits per heavy atom. The monoisotopic (exact) mass is 241 g/mol. The van der Waals surface area contributed by atoms with Crippen molar-refractivity contribution in [3.8, 4) is 0 Å². The first kappa shape index (κ1) is 10.3. The van der Waals surface area contributed by atoms with Crippen LogP contribution in [0.4, 0.5) is 5.69 Å². The maximum Gasteiger partial charge on any atom is 0.223 e. The van der Waals surface area contributed by atoms with Crippen LogP contribution in [0.5, 0.6) is 0 Å². The summed E-state index contributed by atoms with van der Waals surface area (Å²) < 4.78 is 0. The number of carbonyl (C=O) groups is 1. The minimum absolute atomic E-state index is 0.0747. The molecular weight excluding hydrogens is 230 g/mol. The summed E-state index contributed by atoms with van der Waals surface area (Å²) in [5.74, 6) is 0.0747. The van der Waals surface area contributed by atoms with Crippen LogP contribution in [-0.4, -0.2) is 17.8 Å². The normalized spacial score (nSPS) is 9.69. The predicted molar refractivity (Wildman–Crippen MR) is 58.3 cm³/mol. The topological polar surface area (TPSA) is 20.3 Å². The van der Waals surface area contributed by atoms with Crippen LogP contribution >= 0.6 is 15.9 Å². The van der Waals surface area contributed by atoms with Crippen molar-refractivity contribution in [1.29, 1.82) is 0 Å². The van der Waals surface area contributed by atoms with Crippen molar-refractivity contribution in [1.82, 2.24) is 0 Å². The van der Waals surface area contributed by atoms with Gasteiger partial charge in [0.2, 0.25) is 5.91 Å². The lowest BCUT2D eigenvalue weighted by Crippen LogP contribution is -2.30. The second kappa shape index (κ2) is 5.02. The molecule has 3 heteroatoms. The lowest BCUT2D eigenvalue weighted by molar-refractivity contribution is -0.116. The Labute approximate surface area is 86.7 Å². The first-order chi connectivity index (χ1) is 6.25. The fourth-order valence-electron chi connectivity index (χ4n) is 1.16. The average Bonchev–Trinajstić information content (AvgIpc) is 2.15. The van der Waals surface area contributed by atoms with Crippen LogP contribution in [0.1, 0.15) is 6.92 Å². The minimum atomic E-state index is 0.0747. The number of anilines is 1. The second-order valence-corrected chi connectivity index (χ2v) is 3.49. The Hall–Kier alpha value is -0.830. The molecular formula is C10H12BrNO. The Morgan fingerprint density at radius 3 is 2.46 bits per heavy atom. The minimum Gasteiger partial charge on any atom is -0.312 e. The van der Waals surface area contributed by atoms with Crippen LogP contribution in [-0.2, 0) is 4.79 Å². The molecule has 2 nitrogen and oxygen atoms in total. The Morgan fingerprint density at radius 1 is 1.38 bits per heavy atom. The van der Waals surface area contributed by atoms with E-state index in [-0.39, 0.29) is 5.91 Å². The van der Waals surface area contributed by atoms with Crippen molar-refractivity contribution in [2.75, 3.05) is 16.8 Å². The zero-order valence-corrected chi connectivity index (χ0v) is 9.12. The summed E-state index contributed by atoms with van der Waals surface area (Å²) in [6, 6.07) is 9.67. The lowest BCUT2D eigenvalue weighted by Gasteiger charge is -2.19. The Bertz CT molecular complexity index is 274. The number of benzene rings is 1. The maximum absolute atomic E-state index is 11.2. The molecule has 0 unspecified atom stereocenters. The molecule has 1 amide bonds. The average molecular weight is 242 g/mol. The largest absolute Gasteiger partial charge is 0.312 e. The molecule has 0 fully saturated rings. The molecule has 13 heavy (non-hydrogen) atoms. The number of alkyl halides is 1. The SMILES string of the molecule is CC(=O)N(CCBr)c1ccccc1. The van der Waals surface area contributed by atoms with Gasteiger partial charge in [-0.05, 0) is 12.1 Å². The van der Waals surface area contributed by atoms with Crippen molar-refractivity contribution in [3.05, 3.63) is 30.3 Å². The van der Waals surface area contributed by atoms with Gasteiger partial charge in [-0.1, -0.05) is 34.1 Å². The van der Waals surface area contributed by atoms with Gasteiger partial charge in [0, 0.05) is 24.5 Å². The molecule has 0 saturated carbocycles. The number of nitrogens with zero attached hydrogens (tertiary/aromatic N) is 1. The molecule has 0 heterocycles. The number of para-hydroxylation sites is 1. The van der Waals surface area contributed by atoms with Crippen LogP contribution in [0.3, 0.4) is 0 Å². The highest BCUT2D eigenvalue weighted by Gasteiger charge is 2.08. The number of carbonyl (C=O) groups excluding carboxylic acids is 1.